The first-order valence-corrected chi connectivity index (χ1v) is 4.90. The summed E-state index contributed by atoms with van der Waals surface area (Å²) in [6.45, 7) is 0. The van der Waals surface area contributed by atoms with Crippen molar-refractivity contribution in [1.29, 1.82) is 0 Å². The summed E-state index contributed by atoms with van der Waals surface area (Å²) in [5, 5.41) is 16.6. The molecule has 0 saturated carbocycles. The second-order valence-electron chi connectivity index (χ2n) is 3.04. The number of aromatic carboxylic acids is 2. The summed E-state index contributed by atoms with van der Waals surface area (Å²) in [6.07, 6.45) is 2.90. The summed E-state index contributed by atoms with van der Waals surface area (Å²) in [4.78, 5) is 27.4. The van der Waals surface area contributed by atoms with Crippen molar-refractivity contribution >= 4 is 29.0 Å². The van der Waals surface area contributed by atoms with Gasteiger partial charge >= 0.3 is 11.9 Å². The number of carboxylic acids is 2. The van der Waals surface area contributed by atoms with Crippen molar-refractivity contribution in [2.75, 3.05) is 0 Å². The molecule has 0 spiro atoms. The molecule has 0 amide bonds. The van der Waals surface area contributed by atoms with Gasteiger partial charge in [-0.1, -0.05) is 12.1 Å². The zero-order chi connectivity index (χ0) is 13.4. The summed E-state index contributed by atoms with van der Waals surface area (Å²) in [5.41, 5.74) is 0.162. The topological polar surface area (TPSA) is 100 Å². The predicted octanol–water partition coefficient (Wildman–Crippen LogP) is 1.18. The van der Waals surface area contributed by atoms with E-state index in [0.717, 1.165) is 0 Å². The smallest absolute Gasteiger partial charge is 0.354 e. The zero-order valence-electron chi connectivity index (χ0n) is 9.63. The molecule has 0 aliphatic rings. The Hall–Kier alpha value is -2.24. The summed E-state index contributed by atoms with van der Waals surface area (Å²) in [7, 11) is 0. The Morgan fingerprint density at radius 1 is 0.789 bits per heavy atom. The van der Waals surface area contributed by atoms with Crippen molar-refractivity contribution in [1.82, 2.24) is 9.97 Å². The van der Waals surface area contributed by atoms with E-state index in [1.54, 1.807) is 24.3 Å². The first-order chi connectivity index (χ1) is 8.61. The van der Waals surface area contributed by atoms with E-state index in [4.69, 9.17) is 10.2 Å². The molecular formula is C12H10N2O4Se. The van der Waals surface area contributed by atoms with Crippen molar-refractivity contribution in [2.45, 2.75) is 0 Å². The van der Waals surface area contributed by atoms with Crippen LogP contribution in [0.4, 0.5) is 0 Å². The minimum atomic E-state index is -0.990. The fourth-order valence-corrected chi connectivity index (χ4v) is 0.979. The molecule has 0 aromatic carbocycles. The predicted molar refractivity (Wildman–Crippen MR) is 68.1 cm³/mol. The van der Waals surface area contributed by atoms with Gasteiger partial charge in [-0.05, 0) is 24.3 Å². The monoisotopic (exact) mass is 326 g/mol. The van der Waals surface area contributed by atoms with Gasteiger partial charge in [0.05, 0.1) is 0 Å². The van der Waals surface area contributed by atoms with E-state index in [1.807, 2.05) is 0 Å². The quantitative estimate of drug-likeness (QED) is 0.804. The third-order valence-electron chi connectivity index (χ3n) is 1.77. The second-order valence-corrected chi connectivity index (χ2v) is 3.04. The average molecular weight is 325 g/mol. The van der Waals surface area contributed by atoms with E-state index < -0.39 is 11.9 Å². The summed E-state index contributed by atoms with van der Waals surface area (Å²) >= 11 is 0. The summed E-state index contributed by atoms with van der Waals surface area (Å²) < 4.78 is 0. The SMILES string of the molecule is O=C(O)c1ccccn1.O=C(O)c1ccccn1.[Se]. The van der Waals surface area contributed by atoms with Crippen molar-refractivity contribution < 1.29 is 19.8 Å². The van der Waals surface area contributed by atoms with Crippen LogP contribution in [0, 0.1) is 0 Å². The molecule has 7 heteroatoms. The van der Waals surface area contributed by atoms with Crippen molar-refractivity contribution in [3.63, 3.8) is 0 Å². The number of nitrogens with zero attached hydrogens (tertiary/aromatic N) is 2. The molecule has 2 aromatic rings. The maximum absolute atomic E-state index is 10.1. The third kappa shape index (κ3) is 6.30. The summed E-state index contributed by atoms with van der Waals surface area (Å²) in [6, 6.07) is 9.51. The van der Waals surface area contributed by atoms with E-state index in [0.29, 0.717) is 0 Å². The molecule has 0 aliphatic heterocycles. The molecule has 98 valence electrons. The number of rotatable bonds is 2. The molecule has 0 atom stereocenters. The van der Waals surface area contributed by atoms with Crippen LogP contribution in [0.3, 0.4) is 0 Å². The Morgan fingerprint density at radius 2 is 1.16 bits per heavy atom. The van der Waals surface area contributed by atoms with E-state index in [1.165, 1.54) is 24.5 Å². The number of carbonyl (C=O) groups is 2. The summed E-state index contributed by atoms with van der Waals surface area (Å²) in [5.74, 6) is -1.98. The van der Waals surface area contributed by atoms with Crippen LogP contribution >= 0.6 is 0 Å². The van der Waals surface area contributed by atoms with E-state index in [2.05, 4.69) is 9.97 Å². The maximum atomic E-state index is 10.1. The number of pyridine rings is 2. The molecule has 0 unspecified atom stereocenters. The van der Waals surface area contributed by atoms with Gasteiger partial charge in [-0.15, -0.1) is 0 Å². The number of aromatic nitrogens is 2. The molecule has 0 fully saturated rings. The molecule has 2 heterocycles. The Balaban J connectivity index is 0.000000324. The molecule has 2 aromatic heterocycles. The van der Waals surface area contributed by atoms with Gasteiger partial charge in [0.25, 0.3) is 0 Å². The fraction of sp³-hybridized carbons (Fsp3) is 0. The van der Waals surface area contributed by atoms with Gasteiger partial charge in [0, 0.05) is 29.5 Å². The van der Waals surface area contributed by atoms with Crippen LogP contribution in [0.25, 0.3) is 0 Å². The molecule has 19 heavy (non-hydrogen) atoms. The minimum absolute atomic E-state index is 0. The fourth-order valence-electron chi connectivity index (χ4n) is 0.979. The van der Waals surface area contributed by atoms with Crippen LogP contribution in [-0.4, -0.2) is 49.2 Å². The van der Waals surface area contributed by atoms with Crippen molar-refractivity contribution in [3.05, 3.63) is 60.2 Å². The molecular weight excluding hydrogens is 315 g/mol. The molecule has 6 nitrogen and oxygen atoms in total. The van der Waals surface area contributed by atoms with Gasteiger partial charge in [0.15, 0.2) is 0 Å². The molecule has 0 saturated heterocycles. The first kappa shape index (κ1) is 16.8. The Bertz CT molecular complexity index is 470. The van der Waals surface area contributed by atoms with E-state index >= 15 is 0 Å². The maximum Gasteiger partial charge on any atom is 0.354 e. The van der Waals surface area contributed by atoms with Crippen LogP contribution in [0.1, 0.15) is 21.0 Å². The van der Waals surface area contributed by atoms with Gasteiger partial charge < -0.3 is 10.2 Å². The number of hydrogen-bond donors (Lipinski definition) is 2. The van der Waals surface area contributed by atoms with Crippen LogP contribution < -0.4 is 0 Å². The standard InChI is InChI=1S/2C6H5NO2.Se/c2*8-6(9)5-3-1-2-4-7-5;/h2*1-4H,(H,8,9);. The van der Waals surface area contributed by atoms with E-state index in [-0.39, 0.29) is 28.5 Å². The van der Waals surface area contributed by atoms with Crippen molar-refractivity contribution in [3.8, 4) is 0 Å². The van der Waals surface area contributed by atoms with Crippen LogP contribution in [0.5, 0.6) is 0 Å². The van der Waals surface area contributed by atoms with Gasteiger partial charge in [-0.3, -0.25) is 0 Å². The molecule has 2 rings (SSSR count). The van der Waals surface area contributed by atoms with E-state index in [9.17, 15) is 9.59 Å². The minimum Gasteiger partial charge on any atom is -0.477 e. The van der Waals surface area contributed by atoms with Gasteiger partial charge in [0.1, 0.15) is 11.4 Å². The molecule has 0 bridgehead atoms. The van der Waals surface area contributed by atoms with Gasteiger partial charge in [-0.25, -0.2) is 19.6 Å². The Kier molecular flexibility index (Phi) is 7.76. The molecule has 0 aliphatic carbocycles. The Labute approximate surface area is 119 Å². The average Bonchev–Trinajstić information content (AvgIpc) is 2.41. The molecule has 2 radical (unpaired) electrons. The number of hydrogen-bond acceptors (Lipinski definition) is 4. The van der Waals surface area contributed by atoms with Gasteiger partial charge in [0.2, 0.25) is 0 Å². The van der Waals surface area contributed by atoms with Crippen LogP contribution in [0.15, 0.2) is 48.8 Å². The first-order valence-electron chi connectivity index (χ1n) is 4.90. The van der Waals surface area contributed by atoms with Crippen LogP contribution in [0.2, 0.25) is 0 Å². The zero-order valence-corrected chi connectivity index (χ0v) is 11.3. The Morgan fingerprint density at radius 3 is 1.32 bits per heavy atom. The number of carboxylic acid groups (broad SMARTS) is 2. The van der Waals surface area contributed by atoms with Crippen LogP contribution in [-0.2, 0) is 0 Å². The third-order valence-corrected chi connectivity index (χ3v) is 1.77. The normalized spacial score (nSPS) is 8.42. The second kappa shape index (κ2) is 8.79. The largest absolute Gasteiger partial charge is 0.477 e. The van der Waals surface area contributed by atoms with Crippen molar-refractivity contribution in [2.24, 2.45) is 0 Å². The van der Waals surface area contributed by atoms with Gasteiger partial charge in [-0.2, -0.15) is 0 Å². The molecule has 2 N–H and O–H groups in total.